The van der Waals surface area contributed by atoms with Crippen LogP contribution in [0, 0.1) is 0 Å². The van der Waals surface area contributed by atoms with Crippen molar-refractivity contribution in [2.45, 2.75) is 19.4 Å². The molecule has 1 atom stereocenters. The number of hydrogen-bond donors (Lipinski definition) is 1. The molecule has 104 valence electrons. The highest BCUT2D eigenvalue weighted by atomic mass is 35.5. The van der Waals surface area contributed by atoms with Gasteiger partial charge in [-0.05, 0) is 48.7 Å². The van der Waals surface area contributed by atoms with Crippen molar-refractivity contribution >= 4 is 17.6 Å². The second-order valence-corrected chi connectivity index (χ2v) is 4.98. The Bertz CT molecular complexity index is 576. The van der Waals surface area contributed by atoms with Crippen LogP contribution in [0.25, 0.3) is 0 Å². The Morgan fingerprint density at radius 2 is 1.60 bits per heavy atom. The van der Waals surface area contributed by atoms with E-state index < -0.39 is 12.1 Å². The zero-order valence-corrected chi connectivity index (χ0v) is 11.8. The summed E-state index contributed by atoms with van der Waals surface area (Å²) in [6, 6.07) is 15.1. The van der Waals surface area contributed by atoms with Gasteiger partial charge in [0.1, 0.15) is 5.75 Å². The first kappa shape index (κ1) is 14.4. The molecule has 2 aromatic rings. The van der Waals surface area contributed by atoms with Gasteiger partial charge in [-0.2, -0.15) is 0 Å². The summed E-state index contributed by atoms with van der Waals surface area (Å²) in [6.07, 6.45) is -0.0523. The van der Waals surface area contributed by atoms with Crippen LogP contribution >= 0.6 is 11.6 Å². The van der Waals surface area contributed by atoms with Gasteiger partial charge in [-0.3, -0.25) is 0 Å². The molecule has 2 aromatic carbocycles. The summed E-state index contributed by atoms with van der Waals surface area (Å²) in [7, 11) is 0. The van der Waals surface area contributed by atoms with Crippen molar-refractivity contribution in [2.75, 3.05) is 0 Å². The maximum Gasteiger partial charge on any atom is 0.344 e. The van der Waals surface area contributed by atoms with Gasteiger partial charge in [0.15, 0.2) is 6.10 Å². The van der Waals surface area contributed by atoms with E-state index in [-0.39, 0.29) is 0 Å². The molecule has 1 N–H and O–H groups in total. The lowest BCUT2D eigenvalue weighted by Gasteiger charge is -2.10. The van der Waals surface area contributed by atoms with Crippen LogP contribution in [0.1, 0.15) is 18.1 Å². The van der Waals surface area contributed by atoms with Gasteiger partial charge >= 0.3 is 5.97 Å². The van der Waals surface area contributed by atoms with Crippen molar-refractivity contribution < 1.29 is 14.6 Å². The number of aliphatic carboxylic acids is 1. The molecule has 1 unspecified atom stereocenters. The van der Waals surface area contributed by atoms with Gasteiger partial charge in [0.05, 0.1) is 0 Å². The molecule has 2 rings (SSSR count). The second-order valence-electron chi connectivity index (χ2n) is 4.55. The van der Waals surface area contributed by atoms with Crippen LogP contribution in [0.5, 0.6) is 5.75 Å². The largest absolute Gasteiger partial charge is 0.479 e. The fourth-order valence-electron chi connectivity index (χ4n) is 1.78. The van der Waals surface area contributed by atoms with E-state index in [2.05, 4.69) is 0 Å². The number of carboxylic acids is 1. The summed E-state index contributed by atoms with van der Waals surface area (Å²) >= 11 is 5.84. The number of rotatable bonds is 5. The smallest absolute Gasteiger partial charge is 0.344 e. The lowest BCUT2D eigenvalue weighted by molar-refractivity contribution is -0.144. The Kier molecular flexibility index (Phi) is 4.64. The monoisotopic (exact) mass is 290 g/mol. The summed E-state index contributed by atoms with van der Waals surface area (Å²) < 4.78 is 5.28. The van der Waals surface area contributed by atoms with Gasteiger partial charge in [-0.25, -0.2) is 4.79 Å². The number of hydrogen-bond acceptors (Lipinski definition) is 2. The molecule has 0 fully saturated rings. The second kappa shape index (κ2) is 6.44. The molecular weight excluding hydrogens is 276 g/mol. The summed E-state index contributed by atoms with van der Waals surface area (Å²) in [5.74, 6) is -0.421. The minimum absolute atomic E-state index is 0.555. The minimum Gasteiger partial charge on any atom is -0.479 e. The molecular formula is C16H15ClO3. The average molecular weight is 291 g/mol. The number of carbonyl (C=O) groups is 1. The summed E-state index contributed by atoms with van der Waals surface area (Å²) in [5, 5.41) is 9.50. The number of carboxylic acid groups (broad SMARTS) is 1. The van der Waals surface area contributed by atoms with Gasteiger partial charge in [0.25, 0.3) is 0 Å². The highest BCUT2D eigenvalue weighted by molar-refractivity contribution is 6.30. The standard InChI is InChI=1S/C16H15ClO3/c1-11(16(18)19)20-15-8-4-13(5-9-15)10-12-2-6-14(17)7-3-12/h2-9,11H,10H2,1H3,(H,18,19). The zero-order valence-electron chi connectivity index (χ0n) is 11.0. The molecule has 20 heavy (non-hydrogen) atoms. The summed E-state index contributed by atoms with van der Waals surface area (Å²) in [6.45, 7) is 1.50. The van der Waals surface area contributed by atoms with E-state index in [1.807, 2.05) is 36.4 Å². The van der Waals surface area contributed by atoms with Gasteiger partial charge in [0.2, 0.25) is 0 Å². The van der Waals surface area contributed by atoms with Crippen molar-refractivity contribution in [1.29, 1.82) is 0 Å². The number of halogens is 1. The first-order valence-corrected chi connectivity index (χ1v) is 6.65. The van der Waals surface area contributed by atoms with E-state index >= 15 is 0 Å². The maximum atomic E-state index is 10.7. The van der Waals surface area contributed by atoms with E-state index in [0.29, 0.717) is 5.75 Å². The van der Waals surface area contributed by atoms with E-state index in [9.17, 15) is 4.79 Å². The van der Waals surface area contributed by atoms with Crippen LogP contribution in [0.2, 0.25) is 5.02 Å². The Balaban J connectivity index is 2.01. The van der Waals surface area contributed by atoms with E-state index in [1.165, 1.54) is 12.5 Å². The molecule has 0 saturated carbocycles. The van der Waals surface area contributed by atoms with Crippen LogP contribution in [0.15, 0.2) is 48.5 Å². The summed E-state index contributed by atoms with van der Waals surface area (Å²) in [4.78, 5) is 10.7. The van der Waals surface area contributed by atoms with Crippen molar-refractivity contribution in [2.24, 2.45) is 0 Å². The first-order chi connectivity index (χ1) is 9.54. The molecule has 3 nitrogen and oxygen atoms in total. The van der Waals surface area contributed by atoms with Crippen molar-refractivity contribution in [3.05, 3.63) is 64.7 Å². The van der Waals surface area contributed by atoms with Crippen LogP contribution in [-0.2, 0) is 11.2 Å². The third-order valence-electron chi connectivity index (χ3n) is 2.91. The highest BCUT2D eigenvalue weighted by Gasteiger charge is 2.11. The molecule has 0 heterocycles. The Morgan fingerprint density at radius 3 is 2.10 bits per heavy atom. The third-order valence-corrected chi connectivity index (χ3v) is 3.16. The lowest BCUT2D eigenvalue weighted by Crippen LogP contribution is -2.22. The van der Waals surface area contributed by atoms with Crippen molar-refractivity contribution in [3.63, 3.8) is 0 Å². The Labute approximate surface area is 122 Å². The molecule has 0 aliphatic heterocycles. The number of benzene rings is 2. The number of ether oxygens (including phenoxy) is 1. The van der Waals surface area contributed by atoms with Crippen LogP contribution < -0.4 is 4.74 Å². The third kappa shape index (κ3) is 4.00. The molecule has 0 aliphatic rings. The van der Waals surface area contributed by atoms with Crippen LogP contribution in [-0.4, -0.2) is 17.2 Å². The van der Waals surface area contributed by atoms with Crippen LogP contribution in [0.3, 0.4) is 0 Å². The fraction of sp³-hybridized carbons (Fsp3) is 0.188. The predicted octanol–water partition coefficient (Wildman–Crippen LogP) is 3.78. The molecule has 0 radical (unpaired) electrons. The molecule has 0 spiro atoms. The van der Waals surface area contributed by atoms with E-state index in [0.717, 1.165) is 17.0 Å². The Morgan fingerprint density at radius 1 is 1.10 bits per heavy atom. The van der Waals surface area contributed by atoms with Crippen LogP contribution in [0.4, 0.5) is 0 Å². The van der Waals surface area contributed by atoms with E-state index in [1.54, 1.807) is 12.1 Å². The minimum atomic E-state index is -0.977. The zero-order chi connectivity index (χ0) is 14.5. The topological polar surface area (TPSA) is 46.5 Å². The molecule has 0 bridgehead atoms. The molecule has 0 amide bonds. The predicted molar refractivity (Wildman–Crippen MR) is 78.4 cm³/mol. The van der Waals surface area contributed by atoms with Gasteiger partial charge in [-0.15, -0.1) is 0 Å². The fourth-order valence-corrected chi connectivity index (χ4v) is 1.90. The summed E-state index contributed by atoms with van der Waals surface area (Å²) in [5.41, 5.74) is 2.30. The SMILES string of the molecule is CC(Oc1ccc(Cc2ccc(Cl)cc2)cc1)C(=O)O. The van der Waals surface area contributed by atoms with Crippen molar-refractivity contribution in [1.82, 2.24) is 0 Å². The van der Waals surface area contributed by atoms with Gasteiger partial charge < -0.3 is 9.84 Å². The highest BCUT2D eigenvalue weighted by Crippen LogP contribution is 2.17. The van der Waals surface area contributed by atoms with Gasteiger partial charge in [-0.1, -0.05) is 35.9 Å². The normalized spacial score (nSPS) is 11.9. The van der Waals surface area contributed by atoms with E-state index in [4.69, 9.17) is 21.4 Å². The molecule has 0 saturated heterocycles. The van der Waals surface area contributed by atoms with Gasteiger partial charge in [0, 0.05) is 5.02 Å². The van der Waals surface area contributed by atoms with Crippen molar-refractivity contribution in [3.8, 4) is 5.75 Å². The average Bonchev–Trinajstić information content (AvgIpc) is 2.43. The molecule has 0 aliphatic carbocycles. The quantitative estimate of drug-likeness (QED) is 0.911. The molecule has 0 aromatic heterocycles. The molecule has 4 heteroatoms. The Hall–Kier alpha value is -2.00. The lowest BCUT2D eigenvalue weighted by atomic mass is 10.1. The first-order valence-electron chi connectivity index (χ1n) is 6.27. The maximum absolute atomic E-state index is 10.7.